The summed E-state index contributed by atoms with van der Waals surface area (Å²) in [6.07, 6.45) is 6.79. The summed E-state index contributed by atoms with van der Waals surface area (Å²) in [5.41, 5.74) is 1.86. The Labute approximate surface area is 118 Å². The van der Waals surface area contributed by atoms with Crippen molar-refractivity contribution in [3.8, 4) is 0 Å². The molecule has 3 rings (SSSR count). The molecule has 0 unspecified atom stereocenters. The van der Waals surface area contributed by atoms with E-state index in [2.05, 4.69) is 21.8 Å². The average Bonchev–Trinajstić information content (AvgIpc) is 3.18. The van der Waals surface area contributed by atoms with E-state index in [1.165, 1.54) is 12.8 Å². The number of rotatable bonds is 6. The Hall–Kier alpha value is -1.68. The van der Waals surface area contributed by atoms with Crippen molar-refractivity contribution in [2.75, 3.05) is 0 Å². The van der Waals surface area contributed by atoms with Crippen LogP contribution in [0.15, 0.2) is 30.6 Å². The van der Waals surface area contributed by atoms with E-state index in [1.54, 1.807) is 12.3 Å². The van der Waals surface area contributed by atoms with Gasteiger partial charge in [-0.1, -0.05) is 12.1 Å². The lowest BCUT2D eigenvalue weighted by molar-refractivity contribution is 0.604. The Bertz CT molecular complexity index is 587. The van der Waals surface area contributed by atoms with Gasteiger partial charge in [0.05, 0.1) is 0 Å². The molecular weight excluding hydrogens is 253 g/mol. The molecular formula is C16H20FN3. The molecule has 1 saturated carbocycles. The third kappa shape index (κ3) is 3.07. The Balaban J connectivity index is 1.75. The molecule has 0 saturated heterocycles. The number of aromatic nitrogens is 2. The molecule has 0 aliphatic heterocycles. The second-order valence-corrected chi connectivity index (χ2v) is 5.39. The molecule has 20 heavy (non-hydrogen) atoms. The second-order valence-electron chi connectivity index (χ2n) is 5.39. The second kappa shape index (κ2) is 5.75. The largest absolute Gasteiger partial charge is 0.335 e. The number of aryl methyl sites for hydroxylation is 1. The number of benzene rings is 1. The fraction of sp³-hybridized carbons (Fsp3) is 0.438. The maximum absolute atomic E-state index is 14.0. The number of hydrogen-bond acceptors (Lipinski definition) is 2. The molecule has 1 N–H and O–H groups in total. The zero-order chi connectivity index (χ0) is 13.9. The molecule has 2 aromatic rings. The van der Waals surface area contributed by atoms with Crippen molar-refractivity contribution in [1.82, 2.24) is 14.9 Å². The van der Waals surface area contributed by atoms with Crippen LogP contribution in [0.25, 0.3) is 0 Å². The van der Waals surface area contributed by atoms with Gasteiger partial charge in [0.2, 0.25) is 0 Å². The first-order valence-electron chi connectivity index (χ1n) is 7.27. The van der Waals surface area contributed by atoms with E-state index in [1.807, 2.05) is 18.3 Å². The van der Waals surface area contributed by atoms with Gasteiger partial charge in [-0.15, -0.1) is 0 Å². The van der Waals surface area contributed by atoms with Crippen LogP contribution in [0.5, 0.6) is 0 Å². The van der Waals surface area contributed by atoms with Crippen LogP contribution in [0.2, 0.25) is 0 Å². The maximum Gasteiger partial charge on any atom is 0.126 e. The summed E-state index contributed by atoms with van der Waals surface area (Å²) in [4.78, 5) is 4.32. The van der Waals surface area contributed by atoms with Crippen molar-refractivity contribution in [2.45, 2.75) is 45.3 Å². The molecule has 106 valence electrons. The highest BCUT2D eigenvalue weighted by Gasteiger charge is 2.20. The Morgan fingerprint density at radius 2 is 2.25 bits per heavy atom. The molecule has 1 heterocycles. The standard InChI is InChI=1S/C16H20FN3/c1-2-20-8-7-18-16(20)10-13-9-12(3-6-15(13)17)11-19-14-4-5-14/h3,6-9,14,19H,2,4-5,10-11H2,1H3. The quantitative estimate of drug-likeness (QED) is 0.877. The van der Waals surface area contributed by atoms with Gasteiger partial charge in [-0.05, 0) is 37.0 Å². The van der Waals surface area contributed by atoms with E-state index in [0.717, 1.165) is 30.0 Å². The molecule has 0 radical (unpaired) electrons. The lowest BCUT2D eigenvalue weighted by Crippen LogP contribution is -2.15. The van der Waals surface area contributed by atoms with Gasteiger partial charge in [-0.3, -0.25) is 0 Å². The summed E-state index contributed by atoms with van der Waals surface area (Å²) in [5.74, 6) is 0.768. The first-order chi connectivity index (χ1) is 9.76. The van der Waals surface area contributed by atoms with Gasteiger partial charge >= 0.3 is 0 Å². The van der Waals surface area contributed by atoms with Gasteiger partial charge in [-0.25, -0.2) is 9.37 Å². The van der Waals surface area contributed by atoms with Gasteiger partial charge in [0.1, 0.15) is 11.6 Å². The molecule has 4 heteroatoms. The summed E-state index contributed by atoms with van der Waals surface area (Å²) in [7, 11) is 0. The smallest absolute Gasteiger partial charge is 0.126 e. The third-order valence-corrected chi connectivity index (χ3v) is 3.77. The summed E-state index contributed by atoms with van der Waals surface area (Å²) in [6, 6.07) is 6.06. The highest BCUT2D eigenvalue weighted by molar-refractivity contribution is 5.27. The van der Waals surface area contributed by atoms with E-state index in [9.17, 15) is 4.39 Å². The highest BCUT2D eigenvalue weighted by Crippen LogP contribution is 2.20. The van der Waals surface area contributed by atoms with E-state index >= 15 is 0 Å². The monoisotopic (exact) mass is 273 g/mol. The topological polar surface area (TPSA) is 29.9 Å². The van der Waals surface area contributed by atoms with E-state index in [0.29, 0.717) is 12.5 Å². The fourth-order valence-electron chi connectivity index (χ4n) is 2.39. The predicted octanol–water partition coefficient (Wildman–Crippen LogP) is 2.88. The van der Waals surface area contributed by atoms with Crippen molar-refractivity contribution in [1.29, 1.82) is 0 Å². The van der Waals surface area contributed by atoms with Crippen molar-refractivity contribution >= 4 is 0 Å². The van der Waals surface area contributed by atoms with Crippen molar-refractivity contribution < 1.29 is 4.39 Å². The zero-order valence-electron chi connectivity index (χ0n) is 11.8. The number of imidazole rings is 1. The highest BCUT2D eigenvalue weighted by atomic mass is 19.1. The van der Waals surface area contributed by atoms with Crippen LogP contribution in [0.3, 0.4) is 0 Å². The van der Waals surface area contributed by atoms with Crippen LogP contribution in [0.4, 0.5) is 4.39 Å². The van der Waals surface area contributed by atoms with Gasteiger partial charge < -0.3 is 9.88 Å². The lowest BCUT2D eigenvalue weighted by Gasteiger charge is -2.09. The normalized spacial score (nSPS) is 14.7. The Morgan fingerprint density at radius 3 is 3.00 bits per heavy atom. The van der Waals surface area contributed by atoms with Gasteiger partial charge in [0.15, 0.2) is 0 Å². The molecule has 0 spiro atoms. The Kier molecular flexibility index (Phi) is 3.83. The molecule has 3 nitrogen and oxygen atoms in total. The first kappa shape index (κ1) is 13.3. The zero-order valence-corrected chi connectivity index (χ0v) is 11.8. The van der Waals surface area contributed by atoms with Crippen LogP contribution in [-0.2, 0) is 19.5 Å². The summed E-state index contributed by atoms with van der Waals surface area (Å²) in [6.45, 7) is 3.75. The summed E-state index contributed by atoms with van der Waals surface area (Å²) < 4.78 is 16.0. The number of nitrogens with one attached hydrogen (secondary N) is 1. The molecule has 1 fully saturated rings. The van der Waals surface area contributed by atoms with Crippen LogP contribution < -0.4 is 5.32 Å². The van der Waals surface area contributed by atoms with Crippen molar-refractivity contribution in [3.63, 3.8) is 0 Å². The number of nitrogens with zero attached hydrogens (tertiary/aromatic N) is 2. The Morgan fingerprint density at radius 1 is 1.40 bits per heavy atom. The van der Waals surface area contributed by atoms with Crippen LogP contribution >= 0.6 is 0 Å². The average molecular weight is 273 g/mol. The van der Waals surface area contributed by atoms with Crippen LogP contribution in [-0.4, -0.2) is 15.6 Å². The van der Waals surface area contributed by atoms with E-state index in [4.69, 9.17) is 0 Å². The van der Waals surface area contributed by atoms with Gasteiger partial charge in [-0.2, -0.15) is 0 Å². The van der Waals surface area contributed by atoms with Gasteiger partial charge in [0.25, 0.3) is 0 Å². The van der Waals surface area contributed by atoms with Crippen molar-refractivity contribution in [2.24, 2.45) is 0 Å². The predicted molar refractivity (Wildman–Crippen MR) is 77.0 cm³/mol. The third-order valence-electron chi connectivity index (χ3n) is 3.77. The van der Waals surface area contributed by atoms with E-state index in [-0.39, 0.29) is 5.82 Å². The van der Waals surface area contributed by atoms with E-state index < -0.39 is 0 Å². The molecule has 1 aliphatic rings. The SMILES string of the molecule is CCn1ccnc1Cc1cc(CNC2CC2)ccc1F. The molecule has 0 atom stereocenters. The summed E-state index contributed by atoms with van der Waals surface area (Å²) in [5, 5.41) is 3.46. The molecule has 1 aliphatic carbocycles. The minimum Gasteiger partial charge on any atom is -0.335 e. The molecule has 1 aromatic heterocycles. The fourth-order valence-corrected chi connectivity index (χ4v) is 2.39. The van der Waals surface area contributed by atoms with Crippen molar-refractivity contribution in [3.05, 3.63) is 53.4 Å². The minimum atomic E-state index is -0.147. The lowest BCUT2D eigenvalue weighted by atomic mass is 10.1. The maximum atomic E-state index is 14.0. The molecule has 1 aromatic carbocycles. The van der Waals surface area contributed by atoms with Gasteiger partial charge in [0, 0.05) is 37.9 Å². The number of hydrogen-bond donors (Lipinski definition) is 1. The number of halogens is 1. The minimum absolute atomic E-state index is 0.147. The molecule has 0 bridgehead atoms. The summed E-state index contributed by atoms with van der Waals surface area (Å²) >= 11 is 0. The van der Waals surface area contributed by atoms with Crippen LogP contribution in [0, 0.1) is 5.82 Å². The van der Waals surface area contributed by atoms with Crippen LogP contribution in [0.1, 0.15) is 36.7 Å². The molecule has 0 amide bonds. The first-order valence-corrected chi connectivity index (χ1v) is 7.27.